The minimum atomic E-state index is -1.58. The summed E-state index contributed by atoms with van der Waals surface area (Å²) in [6.07, 6.45) is -1.28. The molecule has 158 valence electrons. The van der Waals surface area contributed by atoms with Crippen LogP contribution in [0.1, 0.15) is 46.6 Å². The first-order chi connectivity index (χ1) is 14.3. The summed E-state index contributed by atoms with van der Waals surface area (Å²) in [4.78, 5) is 28.0. The van der Waals surface area contributed by atoms with Gasteiger partial charge in [0.25, 0.3) is 5.56 Å². The van der Waals surface area contributed by atoms with Crippen molar-refractivity contribution in [2.75, 3.05) is 0 Å². The summed E-state index contributed by atoms with van der Waals surface area (Å²) in [6, 6.07) is 13.2. The molecule has 7 heteroatoms. The van der Waals surface area contributed by atoms with Gasteiger partial charge in [0.1, 0.15) is 6.73 Å². The van der Waals surface area contributed by atoms with Gasteiger partial charge >= 0.3 is 5.69 Å². The Morgan fingerprint density at radius 3 is 2.33 bits per heavy atom. The Morgan fingerprint density at radius 2 is 1.73 bits per heavy atom. The molecule has 0 aliphatic heterocycles. The molecule has 0 aliphatic carbocycles. The first-order valence-electron chi connectivity index (χ1n) is 9.70. The second-order valence-corrected chi connectivity index (χ2v) is 8.54. The molecule has 0 radical (unpaired) electrons. The van der Waals surface area contributed by atoms with Crippen LogP contribution in [-0.4, -0.2) is 9.55 Å². The number of aromatic amines is 1. The van der Waals surface area contributed by atoms with Crippen molar-refractivity contribution in [3.8, 4) is 0 Å². The fourth-order valence-electron chi connectivity index (χ4n) is 3.46. The van der Waals surface area contributed by atoms with Crippen molar-refractivity contribution in [3.05, 3.63) is 100 Å². The number of nitrogens with one attached hydrogen (secondary N) is 1. The fourth-order valence-corrected chi connectivity index (χ4v) is 3.82. The molecule has 3 aromatic rings. The van der Waals surface area contributed by atoms with Crippen molar-refractivity contribution in [1.82, 2.24) is 9.55 Å². The third-order valence-corrected chi connectivity index (χ3v) is 5.58. The number of H-pyrrole nitrogens is 1. The van der Waals surface area contributed by atoms with Gasteiger partial charge in [0.05, 0.1) is 12.3 Å². The number of aryl methyl sites for hydroxylation is 2. The molecule has 30 heavy (non-hydrogen) atoms. The Kier molecular flexibility index (Phi) is 7.25. The van der Waals surface area contributed by atoms with Crippen LogP contribution in [0.4, 0.5) is 4.39 Å². The van der Waals surface area contributed by atoms with E-state index in [0.717, 1.165) is 24.8 Å². The van der Waals surface area contributed by atoms with E-state index < -0.39 is 17.4 Å². The number of halogens is 2. The summed E-state index contributed by atoms with van der Waals surface area (Å²) in [7, 11) is 0. The maximum absolute atomic E-state index is 15.3. The molecule has 5 nitrogen and oxygen atoms in total. The molecule has 3 rings (SSSR count). The number of benzene rings is 2. The Hall–Kier alpha value is -2.26. The largest absolute Gasteiger partial charge is 0.356 e. The van der Waals surface area contributed by atoms with E-state index in [2.05, 4.69) is 27.6 Å². The van der Waals surface area contributed by atoms with Gasteiger partial charge < -0.3 is 9.72 Å². The molecule has 1 unspecified atom stereocenters. The summed E-state index contributed by atoms with van der Waals surface area (Å²) in [5.74, 6) is 0. The van der Waals surface area contributed by atoms with Gasteiger partial charge in [-0.2, -0.15) is 0 Å². The average molecular weight is 522 g/mol. The van der Waals surface area contributed by atoms with E-state index in [9.17, 15) is 9.59 Å². The van der Waals surface area contributed by atoms with Crippen molar-refractivity contribution in [2.24, 2.45) is 0 Å². The van der Waals surface area contributed by atoms with E-state index in [-0.39, 0.29) is 24.6 Å². The first kappa shape index (κ1) is 22.4. The lowest BCUT2D eigenvalue weighted by atomic mass is 9.99. The average Bonchev–Trinajstić information content (AvgIpc) is 2.70. The highest BCUT2D eigenvalue weighted by Crippen LogP contribution is 2.27. The first-order valence-corrected chi connectivity index (χ1v) is 10.8. The third kappa shape index (κ3) is 5.07. The van der Waals surface area contributed by atoms with Gasteiger partial charge in [-0.1, -0.05) is 48.4 Å². The van der Waals surface area contributed by atoms with Crippen LogP contribution < -0.4 is 11.2 Å². The van der Waals surface area contributed by atoms with Crippen molar-refractivity contribution in [1.29, 1.82) is 0 Å². The van der Waals surface area contributed by atoms with E-state index in [4.69, 9.17) is 4.74 Å². The highest BCUT2D eigenvalue weighted by molar-refractivity contribution is 14.1. The SMILES string of the molecule is CCc1c(C(F)c2cc(C)cc(C)c2)[nH]c(=O)n(COCc2ccc(I)cc2)c1=O. The highest BCUT2D eigenvalue weighted by Gasteiger charge is 2.22. The van der Waals surface area contributed by atoms with Crippen LogP contribution in [0.2, 0.25) is 0 Å². The van der Waals surface area contributed by atoms with Crippen LogP contribution >= 0.6 is 22.6 Å². The molecule has 1 N–H and O–H groups in total. The van der Waals surface area contributed by atoms with Crippen molar-refractivity contribution < 1.29 is 9.13 Å². The lowest BCUT2D eigenvalue weighted by Crippen LogP contribution is -2.39. The maximum atomic E-state index is 15.3. The minimum absolute atomic E-state index is 0.0198. The highest BCUT2D eigenvalue weighted by atomic mass is 127. The molecule has 2 aromatic carbocycles. The molecule has 1 heterocycles. The van der Waals surface area contributed by atoms with Crippen molar-refractivity contribution >= 4 is 22.6 Å². The quantitative estimate of drug-likeness (QED) is 0.463. The van der Waals surface area contributed by atoms with Gasteiger partial charge in [-0.3, -0.25) is 4.79 Å². The van der Waals surface area contributed by atoms with E-state index in [1.807, 2.05) is 44.2 Å². The Bertz CT molecular complexity index is 1130. The Balaban J connectivity index is 1.88. The number of alkyl halides is 1. The summed E-state index contributed by atoms with van der Waals surface area (Å²) >= 11 is 2.21. The zero-order chi connectivity index (χ0) is 21.8. The summed E-state index contributed by atoms with van der Waals surface area (Å²) < 4.78 is 23.0. The lowest BCUT2D eigenvalue weighted by molar-refractivity contribution is 0.0584. The van der Waals surface area contributed by atoms with Gasteiger partial charge in [-0.25, -0.2) is 13.8 Å². The summed E-state index contributed by atoms with van der Waals surface area (Å²) in [5.41, 5.74) is 2.27. The second-order valence-electron chi connectivity index (χ2n) is 7.30. The van der Waals surface area contributed by atoms with E-state index >= 15 is 4.39 Å². The van der Waals surface area contributed by atoms with E-state index in [0.29, 0.717) is 12.0 Å². The Labute approximate surface area is 188 Å². The Morgan fingerprint density at radius 1 is 1.10 bits per heavy atom. The zero-order valence-electron chi connectivity index (χ0n) is 17.2. The molecule has 0 spiro atoms. The van der Waals surface area contributed by atoms with Gasteiger partial charge in [0.2, 0.25) is 0 Å². The molecule has 1 atom stereocenters. The van der Waals surface area contributed by atoms with Crippen LogP contribution in [-0.2, 0) is 24.5 Å². The van der Waals surface area contributed by atoms with Crippen LogP contribution in [0, 0.1) is 17.4 Å². The molecule has 1 aromatic heterocycles. The number of nitrogens with zero attached hydrogens (tertiary/aromatic N) is 1. The van der Waals surface area contributed by atoms with Crippen LogP contribution in [0.5, 0.6) is 0 Å². The predicted octanol–water partition coefficient (Wildman–Crippen LogP) is 4.55. The molecule has 0 saturated carbocycles. The maximum Gasteiger partial charge on any atom is 0.330 e. The second kappa shape index (κ2) is 9.70. The fraction of sp³-hybridized carbons (Fsp3) is 0.304. The zero-order valence-corrected chi connectivity index (χ0v) is 19.3. The van der Waals surface area contributed by atoms with E-state index in [1.54, 1.807) is 19.1 Å². The third-order valence-electron chi connectivity index (χ3n) is 4.86. The molecule has 0 fully saturated rings. The number of aromatic nitrogens is 2. The van der Waals surface area contributed by atoms with Gasteiger partial charge in [0, 0.05) is 9.13 Å². The molecule has 0 amide bonds. The molecular weight excluding hydrogens is 498 g/mol. The molecular formula is C23H24FIN2O3. The molecule has 0 aliphatic rings. The van der Waals surface area contributed by atoms with Crippen LogP contribution in [0.3, 0.4) is 0 Å². The van der Waals surface area contributed by atoms with Crippen LogP contribution in [0.15, 0.2) is 52.1 Å². The van der Waals surface area contributed by atoms with Gasteiger partial charge in [0.15, 0.2) is 6.17 Å². The van der Waals surface area contributed by atoms with Gasteiger partial charge in [-0.05, 0) is 66.1 Å². The normalized spacial score (nSPS) is 12.2. The van der Waals surface area contributed by atoms with Crippen LogP contribution in [0.25, 0.3) is 0 Å². The standard InChI is InChI=1S/C23H24FIN2O3/c1-4-19-21(20(24)17-10-14(2)9-15(3)11-17)26-23(29)27(22(19)28)13-30-12-16-5-7-18(25)8-6-16/h5-11,20H,4,12-13H2,1-3H3,(H,26,29). The number of rotatable bonds is 7. The summed E-state index contributed by atoms with van der Waals surface area (Å²) in [5, 5.41) is 0. The van der Waals surface area contributed by atoms with Gasteiger partial charge in [-0.15, -0.1) is 0 Å². The molecule has 0 saturated heterocycles. The monoisotopic (exact) mass is 522 g/mol. The van der Waals surface area contributed by atoms with Crippen molar-refractivity contribution in [3.63, 3.8) is 0 Å². The molecule has 0 bridgehead atoms. The topological polar surface area (TPSA) is 64.1 Å². The van der Waals surface area contributed by atoms with E-state index in [1.165, 1.54) is 0 Å². The predicted molar refractivity (Wildman–Crippen MR) is 124 cm³/mol. The summed E-state index contributed by atoms with van der Waals surface area (Å²) in [6.45, 7) is 5.60. The van der Waals surface area contributed by atoms with Crippen molar-refractivity contribution in [2.45, 2.75) is 46.7 Å². The number of hydrogen-bond donors (Lipinski definition) is 1. The number of hydrogen-bond acceptors (Lipinski definition) is 3. The smallest absolute Gasteiger partial charge is 0.330 e. The number of ether oxygens (including phenoxy) is 1. The lowest BCUT2D eigenvalue weighted by Gasteiger charge is -2.16. The minimum Gasteiger partial charge on any atom is -0.356 e.